The highest BCUT2D eigenvalue weighted by molar-refractivity contribution is 8.13. The summed E-state index contributed by atoms with van der Waals surface area (Å²) in [5, 5.41) is 3.68. The number of nitrogens with zero attached hydrogens (tertiary/aromatic N) is 1. The van der Waals surface area contributed by atoms with E-state index < -0.39 is 0 Å². The van der Waals surface area contributed by atoms with Gasteiger partial charge in [-0.05, 0) is 5.75 Å². The molecular formula is C3H9N3S. The third-order valence-corrected chi connectivity index (χ3v) is 1.11. The van der Waals surface area contributed by atoms with Gasteiger partial charge < -0.3 is 11.6 Å². The highest BCUT2D eigenvalue weighted by Crippen LogP contribution is 1.94. The van der Waals surface area contributed by atoms with Gasteiger partial charge in [0.2, 0.25) is 0 Å². The summed E-state index contributed by atoms with van der Waals surface area (Å²) in [7, 11) is 0. The smallest absolute Gasteiger partial charge is 0.177 e. The molecule has 0 saturated heterocycles. The fraction of sp³-hybridized carbons (Fsp3) is 0.667. The van der Waals surface area contributed by atoms with E-state index in [-0.39, 0.29) is 0 Å². The minimum atomic E-state index is 0.447. The number of nitrogens with two attached hydrogens (primary N) is 2. The molecule has 4 N–H and O–H groups in total. The molecule has 0 aliphatic heterocycles. The lowest BCUT2D eigenvalue weighted by atomic mass is 11.0. The van der Waals surface area contributed by atoms with Crippen LogP contribution in [0.25, 0.3) is 0 Å². The first-order valence-electron chi connectivity index (χ1n) is 1.97. The summed E-state index contributed by atoms with van der Waals surface area (Å²) in [4.78, 5) is 0. The fourth-order valence-corrected chi connectivity index (χ4v) is 0.555. The Morgan fingerprint density at radius 1 is 1.86 bits per heavy atom. The van der Waals surface area contributed by atoms with Crippen molar-refractivity contribution in [1.82, 2.24) is 0 Å². The minimum Gasteiger partial charge on any atom is -0.377 e. The molecule has 0 saturated carbocycles. The molecule has 0 atom stereocenters. The molecule has 7 heavy (non-hydrogen) atoms. The fourth-order valence-electron chi connectivity index (χ4n) is 0.185. The molecule has 0 unspecified atom stereocenters. The number of hydrazone groups is 1. The average Bonchev–Trinajstić information content (AvgIpc) is 1.68. The summed E-state index contributed by atoms with van der Waals surface area (Å²) in [6.07, 6.45) is 0. The number of amidine groups is 1. The van der Waals surface area contributed by atoms with Crippen LogP contribution in [0.1, 0.15) is 6.92 Å². The highest BCUT2D eigenvalue weighted by atomic mass is 32.2. The molecule has 4 heteroatoms. The van der Waals surface area contributed by atoms with Gasteiger partial charge in [-0.15, -0.1) is 0 Å². The minimum absolute atomic E-state index is 0.447. The monoisotopic (exact) mass is 119 g/mol. The maximum atomic E-state index is 5.17. The highest BCUT2D eigenvalue weighted by Gasteiger charge is 1.83. The number of hydrogen-bond donors (Lipinski definition) is 2. The van der Waals surface area contributed by atoms with E-state index in [1.54, 1.807) is 0 Å². The molecule has 0 radical (unpaired) electrons. The predicted octanol–water partition coefficient (Wildman–Crippen LogP) is -0.0721. The quantitative estimate of drug-likeness (QED) is 0.220. The standard InChI is InChI=1S/C3H9N3S/c1-2-7-3(4)6-5/h2,5H2,1H3,(H2,4,6). The second-order valence-electron chi connectivity index (χ2n) is 0.900. The summed E-state index contributed by atoms with van der Waals surface area (Å²) in [5.41, 5.74) is 5.17. The van der Waals surface area contributed by atoms with Crippen LogP contribution in [0.15, 0.2) is 5.10 Å². The summed E-state index contributed by atoms with van der Waals surface area (Å²) in [5.74, 6) is 5.72. The second-order valence-corrected chi connectivity index (χ2v) is 2.18. The van der Waals surface area contributed by atoms with Crippen molar-refractivity contribution in [1.29, 1.82) is 0 Å². The topological polar surface area (TPSA) is 64.4 Å². The molecule has 0 rings (SSSR count). The van der Waals surface area contributed by atoms with E-state index in [1.165, 1.54) is 11.8 Å². The molecule has 0 aromatic carbocycles. The van der Waals surface area contributed by atoms with Crippen molar-refractivity contribution in [2.45, 2.75) is 6.92 Å². The Labute approximate surface area is 47.1 Å². The second kappa shape index (κ2) is 3.80. The first-order chi connectivity index (χ1) is 3.31. The van der Waals surface area contributed by atoms with Crippen LogP contribution in [0.4, 0.5) is 0 Å². The van der Waals surface area contributed by atoms with Gasteiger partial charge in [0.15, 0.2) is 5.17 Å². The Morgan fingerprint density at radius 3 is 2.57 bits per heavy atom. The number of rotatable bonds is 1. The van der Waals surface area contributed by atoms with Crippen LogP contribution < -0.4 is 11.6 Å². The first-order valence-corrected chi connectivity index (χ1v) is 2.96. The predicted molar refractivity (Wildman–Crippen MR) is 33.9 cm³/mol. The molecule has 0 aliphatic rings. The van der Waals surface area contributed by atoms with Crippen molar-refractivity contribution in [3.8, 4) is 0 Å². The average molecular weight is 119 g/mol. The molecule has 0 amide bonds. The zero-order valence-electron chi connectivity index (χ0n) is 4.22. The Morgan fingerprint density at radius 2 is 2.43 bits per heavy atom. The van der Waals surface area contributed by atoms with Crippen molar-refractivity contribution in [3.05, 3.63) is 0 Å². The summed E-state index contributed by atoms with van der Waals surface area (Å²) in [6, 6.07) is 0. The van der Waals surface area contributed by atoms with Crippen LogP contribution in [-0.2, 0) is 0 Å². The maximum absolute atomic E-state index is 5.17. The van der Waals surface area contributed by atoms with Crippen molar-refractivity contribution in [2.24, 2.45) is 16.7 Å². The van der Waals surface area contributed by atoms with Crippen LogP contribution in [0.5, 0.6) is 0 Å². The van der Waals surface area contributed by atoms with E-state index in [2.05, 4.69) is 5.10 Å². The summed E-state index contributed by atoms with van der Waals surface area (Å²) >= 11 is 1.43. The van der Waals surface area contributed by atoms with Gasteiger partial charge in [-0.3, -0.25) is 0 Å². The Balaban J connectivity index is 3.17. The summed E-state index contributed by atoms with van der Waals surface area (Å²) in [6.45, 7) is 1.99. The van der Waals surface area contributed by atoms with E-state index in [4.69, 9.17) is 11.6 Å². The summed E-state index contributed by atoms with van der Waals surface area (Å²) < 4.78 is 0. The zero-order chi connectivity index (χ0) is 5.70. The lowest BCUT2D eigenvalue weighted by Gasteiger charge is -1.89. The normalized spacial score (nSPS) is 11.9. The van der Waals surface area contributed by atoms with E-state index in [0.717, 1.165) is 5.75 Å². The molecule has 0 fully saturated rings. The van der Waals surface area contributed by atoms with Gasteiger partial charge in [-0.1, -0.05) is 18.7 Å². The van der Waals surface area contributed by atoms with Crippen LogP contribution in [0.3, 0.4) is 0 Å². The van der Waals surface area contributed by atoms with Crippen LogP contribution >= 0.6 is 11.8 Å². The largest absolute Gasteiger partial charge is 0.377 e. The molecule has 0 aromatic heterocycles. The molecular weight excluding hydrogens is 110 g/mol. The number of thioether (sulfide) groups is 1. The molecule has 0 aromatic rings. The molecule has 42 valence electrons. The van der Waals surface area contributed by atoms with Gasteiger partial charge in [-0.25, -0.2) is 0 Å². The molecule has 0 bridgehead atoms. The van der Waals surface area contributed by atoms with Gasteiger partial charge in [-0.2, -0.15) is 5.10 Å². The lowest BCUT2D eigenvalue weighted by Crippen LogP contribution is -2.08. The van der Waals surface area contributed by atoms with Gasteiger partial charge in [0, 0.05) is 0 Å². The Bertz CT molecular complexity index is 70.6. The van der Waals surface area contributed by atoms with E-state index in [1.807, 2.05) is 6.92 Å². The molecule has 0 aliphatic carbocycles. The van der Waals surface area contributed by atoms with Gasteiger partial charge in [0.25, 0.3) is 0 Å². The third-order valence-electron chi connectivity index (χ3n) is 0.419. The van der Waals surface area contributed by atoms with Crippen molar-refractivity contribution in [2.75, 3.05) is 5.75 Å². The zero-order valence-corrected chi connectivity index (χ0v) is 5.03. The van der Waals surface area contributed by atoms with Gasteiger partial charge in [0.1, 0.15) is 0 Å². The van der Waals surface area contributed by atoms with E-state index in [0.29, 0.717) is 5.17 Å². The molecule has 0 spiro atoms. The van der Waals surface area contributed by atoms with Crippen LogP contribution in [0.2, 0.25) is 0 Å². The van der Waals surface area contributed by atoms with Crippen molar-refractivity contribution < 1.29 is 0 Å². The van der Waals surface area contributed by atoms with Gasteiger partial charge in [0.05, 0.1) is 0 Å². The number of hydrogen-bond acceptors (Lipinski definition) is 3. The SMILES string of the molecule is CCSC(N)=NN. The van der Waals surface area contributed by atoms with Crippen molar-refractivity contribution in [3.63, 3.8) is 0 Å². The maximum Gasteiger partial charge on any atom is 0.177 e. The van der Waals surface area contributed by atoms with Crippen LogP contribution in [0, 0.1) is 0 Å². The first kappa shape index (κ1) is 6.62. The molecule has 0 heterocycles. The van der Waals surface area contributed by atoms with Gasteiger partial charge >= 0.3 is 0 Å². The van der Waals surface area contributed by atoms with Crippen LogP contribution in [-0.4, -0.2) is 10.9 Å². The van der Waals surface area contributed by atoms with E-state index in [9.17, 15) is 0 Å². The Kier molecular flexibility index (Phi) is 3.59. The Hall–Kier alpha value is -0.380. The lowest BCUT2D eigenvalue weighted by molar-refractivity contribution is 1.25. The molecule has 3 nitrogen and oxygen atoms in total. The third kappa shape index (κ3) is 3.45. The van der Waals surface area contributed by atoms with E-state index >= 15 is 0 Å². The van der Waals surface area contributed by atoms with Crippen molar-refractivity contribution >= 4 is 16.9 Å².